The Labute approximate surface area is 73.5 Å². The molecule has 0 aromatic heterocycles. The van der Waals surface area contributed by atoms with E-state index in [0.29, 0.717) is 18.8 Å². The van der Waals surface area contributed by atoms with Crippen molar-refractivity contribution in [1.82, 2.24) is 4.90 Å². The van der Waals surface area contributed by atoms with Crippen molar-refractivity contribution in [1.29, 1.82) is 0 Å². The fourth-order valence-corrected chi connectivity index (χ4v) is 0.578. The highest BCUT2D eigenvalue weighted by Crippen LogP contribution is 1.86. The van der Waals surface area contributed by atoms with Gasteiger partial charge in [-0.2, -0.15) is 0 Å². The van der Waals surface area contributed by atoms with E-state index in [2.05, 4.69) is 4.99 Å². The molecule has 12 heavy (non-hydrogen) atoms. The van der Waals surface area contributed by atoms with E-state index in [1.54, 1.807) is 11.9 Å². The first-order valence-electron chi connectivity index (χ1n) is 4.14. The van der Waals surface area contributed by atoms with Crippen molar-refractivity contribution in [3.05, 3.63) is 0 Å². The van der Waals surface area contributed by atoms with Gasteiger partial charge in [0.2, 0.25) is 5.91 Å². The van der Waals surface area contributed by atoms with Crippen LogP contribution in [0.4, 0.5) is 0 Å². The maximum atomic E-state index is 11.2. The van der Waals surface area contributed by atoms with Crippen molar-refractivity contribution in [3.63, 3.8) is 0 Å². The maximum Gasteiger partial charge on any atom is 0.244 e. The van der Waals surface area contributed by atoms with E-state index in [0.717, 1.165) is 0 Å². The van der Waals surface area contributed by atoms with Gasteiger partial charge >= 0.3 is 0 Å². The van der Waals surface area contributed by atoms with Crippen molar-refractivity contribution in [2.75, 3.05) is 20.1 Å². The third-order valence-electron chi connectivity index (χ3n) is 1.68. The zero-order chi connectivity index (χ0) is 9.56. The van der Waals surface area contributed by atoms with Crippen molar-refractivity contribution in [3.8, 4) is 0 Å². The molecule has 0 spiro atoms. The van der Waals surface area contributed by atoms with E-state index >= 15 is 0 Å². The molecule has 2 N–H and O–H groups in total. The second-order valence-corrected chi connectivity index (χ2v) is 2.57. The summed E-state index contributed by atoms with van der Waals surface area (Å²) in [5.41, 5.74) is 5.44. The average Bonchev–Trinajstić information content (AvgIpc) is 2.11. The van der Waals surface area contributed by atoms with Gasteiger partial charge in [-0.15, -0.1) is 0 Å². The summed E-state index contributed by atoms with van der Waals surface area (Å²) in [5.74, 6) is 0.543. The van der Waals surface area contributed by atoms with Gasteiger partial charge < -0.3 is 10.6 Å². The average molecular weight is 171 g/mol. The number of amidine groups is 1. The molecule has 4 nitrogen and oxygen atoms in total. The third kappa shape index (κ3) is 3.95. The zero-order valence-electron chi connectivity index (χ0n) is 8.00. The molecule has 0 bridgehead atoms. The largest absolute Gasteiger partial charge is 0.387 e. The molecule has 1 amide bonds. The molecule has 0 unspecified atom stereocenters. The molecule has 70 valence electrons. The zero-order valence-corrected chi connectivity index (χ0v) is 8.00. The first-order chi connectivity index (χ1) is 5.61. The quantitative estimate of drug-likeness (QED) is 0.486. The molecule has 0 heterocycles. The van der Waals surface area contributed by atoms with Crippen LogP contribution >= 0.6 is 0 Å². The Kier molecular flexibility index (Phi) is 5.08. The minimum Gasteiger partial charge on any atom is -0.387 e. The molecule has 0 aromatic rings. The summed E-state index contributed by atoms with van der Waals surface area (Å²) < 4.78 is 0. The number of likely N-dealkylation sites (N-methyl/N-ethyl adjacent to an activating group) is 1. The Morgan fingerprint density at radius 1 is 1.50 bits per heavy atom. The van der Waals surface area contributed by atoms with E-state index < -0.39 is 0 Å². The second kappa shape index (κ2) is 5.57. The summed E-state index contributed by atoms with van der Waals surface area (Å²) in [4.78, 5) is 16.7. The first kappa shape index (κ1) is 10.9. The van der Waals surface area contributed by atoms with Gasteiger partial charge in [0.1, 0.15) is 6.54 Å². The summed E-state index contributed by atoms with van der Waals surface area (Å²) in [6.45, 7) is 4.71. The van der Waals surface area contributed by atoms with Crippen molar-refractivity contribution in [2.24, 2.45) is 10.7 Å². The molecule has 0 saturated carbocycles. The first-order valence-corrected chi connectivity index (χ1v) is 4.14. The van der Waals surface area contributed by atoms with Crippen LogP contribution in [0.1, 0.15) is 20.3 Å². The lowest BCUT2D eigenvalue weighted by Gasteiger charge is -2.12. The van der Waals surface area contributed by atoms with Crippen LogP contribution in [0.3, 0.4) is 0 Å². The van der Waals surface area contributed by atoms with E-state index in [4.69, 9.17) is 5.73 Å². The fourth-order valence-electron chi connectivity index (χ4n) is 0.578. The normalized spacial score (nSPS) is 11.4. The predicted molar refractivity (Wildman–Crippen MR) is 50.1 cm³/mol. The molecule has 0 fully saturated rings. The number of carbonyl (C=O) groups is 1. The van der Waals surface area contributed by atoms with Gasteiger partial charge in [0.15, 0.2) is 0 Å². The van der Waals surface area contributed by atoms with Gasteiger partial charge in [-0.3, -0.25) is 9.79 Å². The maximum absolute atomic E-state index is 11.2. The van der Waals surface area contributed by atoms with Crippen LogP contribution in [0.25, 0.3) is 0 Å². The highest BCUT2D eigenvalue weighted by Gasteiger charge is 2.04. The highest BCUT2D eigenvalue weighted by atomic mass is 16.2. The number of hydrogen-bond acceptors (Lipinski definition) is 2. The Morgan fingerprint density at radius 2 is 2.08 bits per heavy atom. The summed E-state index contributed by atoms with van der Waals surface area (Å²) in [5, 5.41) is 0. The Bertz CT molecular complexity index is 177. The second-order valence-electron chi connectivity index (χ2n) is 2.57. The molecule has 0 aliphatic carbocycles. The standard InChI is InChI=1S/C8H17N3O/c1-4-7(9)10-6-8(12)11(3)5-2/h4-6H2,1-3H3,(H2,9,10). The Morgan fingerprint density at radius 3 is 2.50 bits per heavy atom. The van der Waals surface area contributed by atoms with Crippen molar-refractivity contribution >= 4 is 11.7 Å². The molecular weight excluding hydrogens is 154 g/mol. The number of hydrogen-bond donors (Lipinski definition) is 1. The van der Waals surface area contributed by atoms with Gasteiger partial charge in [-0.05, 0) is 6.92 Å². The Hall–Kier alpha value is -1.06. The van der Waals surface area contributed by atoms with Gasteiger partial charge in [-0.1, -0.05) is 6.92 Å². The van der Waals surface area contributed by atoms with Crippen LogP contribution in [0.5, 0.6) is 0 Å². The highest BCUT2D eigenvalue weighted by molar-refractivity contribution is 5.84. The number of aliphatic imine (C=N–C) groups is 1. The van der Waals surface area contributed by atoms with Gasteiger partial charge in [-0.25, -0.2) is 0 Å². The third-order valence-corrected chi connectivity index (χ3v) is 1.68. The SMILES string of the molecule is CCC(N)=NCC(=O)N(C)CC. The summed E-state index contributed by atoms with van der Waals surface area (Å²) in [6, 6.07) is 0. The minimum absolute atomic E-state index is 0.00824. The molecule has 4 heteroatoms. The smallest absolute Gasteiger partial charge is 0.244 e. The summed E-state index contributed by atoms with van der Waals surface area (Å²) in [7, 11) is 1.75. The predicted octanol–water partition coefficient (Wildman–Crippen LogP) is 0.232. The molecule has 0 rings (SSSR count). The number of rotatable bonds is 4. The minimum atomic E-state index is 0.00824. The summed E-state index contributed by atoms with van der Waals surface area (Å²) >= 11 is 0. The van der Waals surface area contributed by atoms with Crippen LogP contribution in [0.2, 0.25) is 0 Å². The molecule has 0 aliphatic rings. The number of carbonyl (C=O) groups excluding carboxylic acids is 1. The number of amides is 1. The number of nitrogens with two attached hydrogens (primary N) is 1. The topological polar surface area (TPSA) is 58.7 Å². The van der Waals surface area contributed by atoms with Crippen LogP contribution in [0, 0.1) is 0 Å². The van der Waals surface area contributed by atoms with Crippen LogP contribution in [-0.2, 0) is 4.79 Å². The van der Waals surface area contributed by atoms with Gasteiger partial charge in [0.05, 0.1) is 5.84 Å². The Balaban J connectivity index is 3.86. The van der Waals surface area contributed by atoms with Crippen LogP contribution < -0.4 is 5.73 Å². The summed E-state index contributed by atoms with van der Waals surface area (Å²) in [6.07, 6.45) is 0.698. The molecule has 0 saturated heterocycles. The van der Waals surface area contributed by atoms with Gasteiger partial charge in [0, 0.05) is 20.0 Å². The van der Waals surface area contributed by atoms with Gasteiger partial charge in [0.25, 0.3) is 0 Å². The molecule has 0 radical (unpaired) electrons. The molecule has 0 atom stereocenters. The molecule has 0 aromatic carbocycles. The lowest BCUT2D eigenvalue weighted by molar-refractivity contribution is -0.128. The van der Waals surface area contributed by atoms with Crippen LogP contribution in [0.15, 0.2) is 4.99 Å². The molecular formula is C8H17N3O. The number of nitrogens with zero attached hydrogens (tertiary/aromatic N) is 2. The van der Waals surface area contributed by atoms with E-state index in [1.165, 1.54) is 0 Å². The van der Waals surface area contributed by atoms with E-state index in [1.807, 2.05) is 13.8 Å². The monoisotopic (exact) mass is 171 g/mol. The van der Waals surface area contributed by atoms with E-state index in [-0.39, 0.29) is 12.5 Å². The van der Waals surface area contributed by atoms with Crippen molar-refractivity contribution < 1.29 is 4.79 Å². The fraction of sp³-hybridized carbons (Fsp3) is 0.750. The van der Waals surface area contributed by atoms with Crippen LogP contribution in [-0.4, -0.2) is 36.8 Å². The van der Waals surface area contributed by atoms with E-state index in [9.17, 15) is 4.79 Å². The molecule has 0 aliphatic heterocycles. The van der Waals surface area contributed by atoms with Crippen molar-refractivity contribution in [2.45, 2.75) is 20.3 Å². The lowest BCUT2D eigenvalue weighted by atomic mass is 10.4. The lowest BCUT2D eigenvalue weighted by Crippen LogP contribution is -2.29.